The van der Waals surface area contributed by atoms with Crippen LogP contribution < -0.4 is 5.43 Å². The van der Waals surface area contributed by atoms with Gasteiger partial charge in [-0.05, 0) is 36.4 Å². The van der Waals surface area contributed by atoms with E-state index in [-0.39, 0.29) is 5.43 Å². The molecular weight excluding hydrogens is 316 g/mol. The molecule has 0 aliphatic heterocycles. The highest BCUT2D eigenvalue weighted by Gasteiger charge is 2.09. The summed E-state index contributed by atoms with van der Waals surface area (Å²) in [6.45, 7) is 0.347. The van der Waals surface area contributed by atoms with E-state index >= 15 is 0 Å². The molecule has 0 N–H and O–H groups in total. The van der Waals surface area contributed by atoms with E-state index in [0.29, 0.717) is 29.0 Å². The monoisotopic (exact) mass is 330 g/mol. The zero-order chi connectivity index (χ0) is 17.2. The van der Waals surface area contributed by atoms with E-state index in [2.05, 4.69) is 16.8 Å². The molecule has 0 unspecified atom stereocenters. The van der Waals surface area contributed by atoms with Gasteiger partial charge >= 0.3 is 0 Å². The molecule has 3 heterocycles. The Morgan fingerprint density at radius 2 is 2.16 bits per heavy atom. The number of fused-ring (bicyclic) bond motifs is 2. The maximum atomic E-state index is 12.5. The summed E-state index contributed by atoms with van der Waals surface area (Å²) in [6.07, 6.45) is 3.61. The summed E-state index contributed by atoms with van der Waals surface area (Å²) in [6, 6.07) is 12.6. The standard InChI is InChI=1S/C20H14N2O3/c1-24-9-3-4-14-6-7-19-16(10-14)18(23)12-20(25-19)17-11-15-5-2-8-22(15)13-21-17/h2,5-8,10-13H,9H2,1H3. The topological polar surface area (TPSA) is 56.7 Å². The molecule has 0 saturated carbocycles. The van der Waals surface area contributed by atoms with Gasteiger partial charge in [0, 0.05) is 30.5 Å². The minimum absolute atomic E-state index is 0.122. The van der Waals surface area contributed by atoms with Gasteiger partial charge in [-0.2, -0.15) is 0 Å². The molecule has 5 heteroatoms. The average Bonchev–Trinajstić information content (AvgIpc) is 3.10. The van der Waals surface area contributed by atoms with Gasteiger partial charge in [0.05, 0.1) is 11.7 Å². The fraction of sp³-hybridized carbons (Fsp3) is 0.100. The first-order valence-electron chi connectivity index (χ1n) is 7.73. The second-order valence-corrected chi connectivity index (χ2v) is 5.54. The molecule has 0 amide bonds. The Morgan fingerprint density at radius 1 is 1.24 bits per heavy atom. The highest BCUT2D eigenvalue weighted by Crippen LogP contribution is 2.22. The van der Waals surface area contributed by atoms with Crippen LogP contribution in [0.4, 0.5) is 0 Å². The van der Waals surface area contributed by atoms with Crippen LogP contribution in [0, 0.1) is 11.8 Å². The van der Waals surface area contributed by atoms with Gasteiger partial charge in [-0.3, -0.25) is 4.79 Å². The molecule has 122 valence electrons. The van der Waals surface area contributed by atoms with Crippen molar-refractivity contribution in [2.75, 3.05) is 13.7 Å². The quantitative estimate of drug-likeness (QED) is 0.530. The summed E-state index contributed by atoms with van der Waals surface area (Å²) in [5.74, 6) is 6.27. The fourth-order valence-corrected chi connectivity index (χ4v) is 2.64. The van der Waals surface area contributed by atoms with Crippen LogP contribution >= 0.6 is 0 Å². The smallest absolute Gasteiger partial charge is 0.193 e. The number of nitrogens with zero attached hydrogens (tertiary/aromatic N) is 2. The molecule has 0 radical (unpaired) electrons. The van der Waals surface area contributed by atoms with Crippen LogP contribution in [0.2, 0.25) is 0 Å². The highest BCUT2D eigenvalue weighted by atomic mass is 16.5. The molecule has 1 aromatic carbocycles. The van der Waals surface area contributed by atoms with Crippen molar-refractivity contribution in [3.05, 3.63) is 70.8 Å². The summed E-state index contributed by atoms with van der Waals surface area (Å²) in [5.41, 5.74) is 2.74. The zero-order valence-electron chi connectivity index (χ0n) is 13.5. The SMILES string of the molecule is COCC#Cc1ccc2oc(-c3cc4cccn4cn3)cc(=O)c2c1. The maximum Gasteiger partial charge on any atom is 0.193 e. The number of benzene rings is 1. The Morgan fingerprint density at radius 3 is 3.04 bits per heavy atom. The van der Waals surface area contributed by atoms with Gasteiger partial charge in [-0.1, -0.05) is 11.8 Å². The molecule has 3 aromatic heterocycles. The van der Waals surface area contributed by atoms with E-state index in [1.165, 1.54) is 6.07 Å². The summed E-state index contributed by atoms with van der Waals surface area (Å²) in [5, 5.41) is 0.497. The lowest BCUT2D eigenvalue weighted by Gasteiger charge is -2.04. The van der Waals surface area contributed by atoms with Gasteiger partial charge in [-0.25, -0.2) is 4.98 Å². The number of hydrogen-bond acceptors (Lipinski definition) is 4. The minimum Gasteiger partial charge on any atom is -0.454 e. The average molecular weight is 330 g/mol. The lowest BCUT2D eigenvalue weighted by atomic mass is 10.1. The molecule has 0 aliphatic carbocycles. The second kappa shape index (κ2) is 6.27. The van der Waals surface area contributed by atoms with Crippen molar-refractivity contribution in [1.29, 1.82) is 0 Å². The summed E-state index contributed by atoms with van der Waals surface area (Å²) in [4.78, 5) is 16.9. The first-order chi connectivity index (χ1) is 12.2. The molecule has 4 rings (SSSR count). The van der Waals surface area contributed by atoms with E-state index in [1.807, 2.05) is 34.9 Å². The molecule has 0 saturated heterocycles. The van der Waals surface area contributed by atoms with Gasteiger partial charge in [0.1, 0.15) is 17.9 Å². The van der Waals surface area contributed by atoms with E-state index in [0.717, 1.165) is 11.1 Å². The molecule has 4 aromatic rings. The van der Waals surface area contributed by atoms with Crippen LogP contribution in [0.5, 0.6) is 0 Å². The molecule has 25 heavy (non-hydrogen) atoms. The number of rotatable bonds is 2. The van der Waals surface area contributed by atoms with Crippen molar-refractivity contribution in [1.82, 2.24) is 9.38 Å². The third kappa shape index (κ3) is 2.91. The molecule has 0 spiro atoms. The van der Waals surface area contributed by atoms with Crippen LogP contribution in [0.3, 0.4) is 0 Å². The summed E-state index contributed by atoms with van der Waals surface area (Å²) >= 11 is 0. The number of hydrogen-bond donors (Lipinski definition) is 0. The van der Waals surface area contributed by atoms with Crippen molar-refractivity contribution < 1.29 is 9.15 Å². The molecule has 5 nitrogen and oxygen atoms in total. The molecule has 0 fully saturated rings. The first-order valence-corrected chi connectivity index (χ1v) is 7.73. The van der Waals surface area contributed by atoms with Crippen molar-refractivity contribution in [3.8, 4) is 23.3 Å². The van der Waals surface area contributed by atoms with Crippen LogP contribution in [0.15, 0.2) is 64.2 Å². The summed E-state index contributed by atoms with van der Waals surface area (Å²) in [7, 11) is 1.59. The van der Waals surface area contributed by atoms with Crippen LogP contribution in [-0.2, 0) is 4.74 Å². The predicted octanol–water partition coefficient (Wildman–Crippen LogP) is 3.11. The predicted molar refractivity (Wildman–Crippen MR) is 95.4 cm³/mol. The van der Waals surface area contributed by atoms with E-state index in [1.54, 1.807) is 25.6 Å². The van der Waals surface area contributed by atoms with Gasteiger partial charge in [0.15, 0.2) is 11.2 Å². The third-order valence-electron chi connectivity index (χ3n) is 3.85. The summed E-state index contributed by atoms with van der Waals surface area (Å²) < 4.78 is 12.7. The third-order valence-corrected chi connectivity index (χ3v) is 3.85. The van der Waals surface area contributed by atoms with E-state index in [4.69, 9.17) is 9.15 Å². The second-order valence-electron chi connectivity index (χ2n) is 5.54. The number of ether oxygens (including phenoxy) is 1. The Kier molecular flexibility index (Phi) is 3.81. The largest absolute Gasteiger partial charge is 0.454 e. The normalized spacial score (nSPS) is 10.8. The van der Waals surface area contributed by atoms with E-state index < -0.39 is 0 Å². The van der Waals surface area contributed by atoms with Crippen molar-refractivity contribution in [3.63, 3.8) is 0 Å². The van der Waals surface area contributed by atoms with Gasteiger partial charge in [0.2, 0.25) is 0 Å². The van der Waals surface area contributed by atoms with Crippen molar-refractivity contribution >= 4 is 16.5 Å². The number of methoxy groups -OCH3 is 1. The lowest BCUT2D eigenvalue weighted by molar-refractivity contribution is 0.240. The van der Waals surface area contributed by atoms with E-state index in [9.17, 15) is 4.79 Å². The van der Waals surface area contributed by atoms with Crippen molar-refractivity contribution in [2.24, 2.45) is 0 Å². The van der Waals surface area contributed by atoms with Gasteiger partial charge in [0.25, 0.3) is 0 Å². The molecule has 0 atom stereocenters. The highest BCUT2D eigenvalue weighted by molar-refractivity contribution is 5.80. The number of aromatic nitrogens is 2. The Labute approximate surface area is 143 Å². The minimum atomic E-state index is -0.122. The molecular formula is C20H14N2O3. The molecule has 0 bridgehead atoms. The first kappa shape index (κ1) is 15.2. The maximum absolute atomic E-state index is 12.5. The van der Waals surface area contributed by atoms with Crippen LogP contribution in [-0.4, -0.2) is 23.1 Å². The van der Waals surface area contributed by atoms with Crippen LogP contribution in [0.1, 0.15) is 5.56 Å². The lowest BCUT2D eigenvalue weighted by Crippen LogP contribution is -2.01. The Hall–Kier alpha value is -3.36. The van der Waals surface area contributed by atoms with Crippen molar-refractivity contribution in [2.45, 2.75) is 0 Å². The Balaban J connectivity index is 1.80. The molecule has 0 aliphatic rings. The van der Waals surface area contributed by atoms with Gasteiger partial charge < -0.3 is 13.6 Å². The Bertz CT molecular complexity index is 1190. The van der Waals surface area contributed by atoms with Gasteiger partial charge in [-0.15, -0.1) is 0 Å². The van der Waals surface area contributed by atoms with Crippen LogP contribution in [0.25, 0.3) is 27.9 Å². The zero-order valence-corrected chi connectivity index (χ0v) is 13.5. The fourth-order valence-electron chi connectivity index (χ4n) is 2.64.